The molecule has 6 heteroatoms. The summed E-state index contributed by atoms with van der Waals surface area (Å²) in [7, 11) is 0. The van der Waals surface area contributed by atoms with E-state index >= 15 is 0 Å². The molecule has 2 rings (SSSR count). The molecule has 1 aromatic rings. The van der Waals surface area contributed by atoms with Crippen molar-refractivity contribution in [3.63, 3.8) is 0 Å². The number of carbonyl (C=O) groups excluding carboxylic acids is 2. The number of anilines is 1. The Morgan fingerprint density at radius 1 is 1.29 bits per heavy atom. The van der Waals surface area contributed by atoms with E-state index in [0.29, 0.717) is 25.3 Å². The topological polar surface area (TPSA) is 52.7 Å². The average Bonchev–Trinajstić information content (AvgIpc) is 2.82. The second-order valence-electron chi connectivity index (χ2n) is 5.04. The first kappa shape index (κ1) is 15.3. The number of carbonyl (C=O) groups is 2. The van der Waals surface area contributed by atoms with Crippen LogP contribution >= 0.6 is 0 Å². The van der Waals surface area contributed by atoms with E-state index in [9.17, 15) is 14.0 Å². The Hall–Kier alpha value is -2.11. The van der Waals surface area contributed by atoms with Gasteiger partial charge >= 0.3 is 6.03 Å². The number of hydrogen-bond acceptors (Lipinski definition) is 2. The third-order valence-electron chi connectivity index (χ3n) is 3.42. The molecule has 114 valence electrons. The van der Waals surface area contributed by atoms with E-state index in [1.54, 1.807) is 17.0 Å². The molecule has 0 atom stereocenters. The van der Waals surface area contributed by atoms with Gasteiger partial charge in [-0.25, -0.2) is 9.18 Å². The van der Waals surface area contributed by atoms with Gasteiger partial charge in [0.1, 0.15) is 12.4 Å². The van der Waals surface area contributed by atoms with Gasteiger partial charge in [0.2, 0.25) is 5.91 Å². The fourth-order valence-corrected chi connectivity index (χ4v) is 2.22. The third kappa shape index (κ3) is 3.93. The van der Waals surface area contributed by atoms with Gasteiger partial charge < -0.3 is 10.2 Å². The van der Waals surface area contributed by atoms with Gasteiger partial charge in [-0.15, -0.1) is 0 Å². The number of hydrogen-bond donors (Lipinski definition) is 1. The molecule has 0 spiro atoms. The maximum atomic E-state index is 12.9. The standard InChI is InChI=1S/C15H20FN3O2/c1-2-3-8-17-14(20)11-18-9-10-19(15(18)21)13-6-4-12(16)5-7-13/h4-7H,2-3,8-11H2,1H3,(H,17,20). The summed E-state index contributed by atoms with van der Waals surface area (Å²) in [6.07, 6.45) is 1.95. The number of unbranched alkanes of at least 4 members (excludes halogenated alkanes) is 1. The zero-order valence-corrected chi connectivity index (χ0v) is 12.1. The summed E-state index contributed by atoms with van der Waals surface area (Å²) < 4.78 is 12.9. The zero-order valence-electron chi connectivity index (χ0n) is 12.1. The molecule has 1 aliphatic heterocycles. The summed E-state index contributed by atoms with van der Waals surface area (Å²) in [6, 6.07) is 5.56. The smallest absolute Gasteiger partial charge is 0.325 e. The van der Waals surface area contributed by atoms with E-state index in [1.165, 1.54) is 17.0 Å². The number of nitrogens with zero attached hydrogens (tertiary/aromatic N) is 2. The van der Waals surface area contributed by atoms with Crippen LogP contribution in [0.3, 0.4) is 0 Å². The number of rotatable bonds is 6. The predicted molar refractivity (Wildman–Crippen MR) is 78.6 cm³/mol. The van der Waals surface area contributed by atoms with Crippen molar-refractivity contribution in [2.75, 3.05) is 31.1 Å². The van der Waals surface area contributed by atoms with Crippen LogP contribution in [0.4, 0.5) is 14.9 Å². The molecule has 0 bridgehead atoms. The van der Waals surface area contributed by atoms with Crippen LogP contribution < -0.4 is 10.2 Å². The summed E-state index contributed by atoms with van der Waals surface area (Å²) in [6.45, 7) is 3.76. The van der Waals surface area contributed by atoms with Gasteiger partial charge in [0.15, 0.2) is 0 Å². The highest BCUT2D eigenvalue weighted by Crippen LogP contribution is 2.20. The van der Waals surface area contributed by atoms with E-state index in [2.05, 4.69) is 12.2 Å². The Balaban J connectivity index is 1.89. The Bertz CT molecular complexity index is 504. The van der Waals surface area contributed by atoms with Gasteiger partial charge in [-0.2, -0.15) is 0 Å². The molecular weight excluding hydrogens is 273 g/mol. The van der Waals surface area contributed by atoms with Crippen molar-refractivity contribution < 1.29 is 14.0 Å². The molecule has 0 aliphatic carbocycles. The second kappa shape index (κ2) is 7.06. The normalized spacial score (nSPS) is 14.7. The van der Waals surface area contributed by atoms with Crippen LogP contribution in [-0.2, 0) is 4.79 Å². The molecule has 0 radical (unpaired) electrons. The number of benzene rings is 1. The minimum absolute atomic E-state index is 0.0697. The van der Waals surface area contributed by atoms with E-state index in [4.69, 9.17) is 0 Å². The van der Waals surface area contributed by atoms with Gasteiger partial charge in [-0.3, -0.25) is 9.69 Å². The minimum atomic E-state index is -0.336. The first-order chi connectivity index (χ1) is 10.1. The van der Waals surface area contributed by atoms with Gasteiger partial charge in [0.05, 0.1) is 0 Å². The quantitative estimate of drug-likeness (QED) is 0.815. The summed E-state index contributed by atoms with van der Waals surface area (Å²) in [5, 5.41) is 2.79. The highest BCUT2D eigenvalue weighted by molar-refractivity contribution is 5.96. The third-order valence-corrected chi connectivity index (χ3v) is 3.42. The Kier molecular flexibility index (Phi) is 5.14. The SMILES string of the molecule is CCCCNC(=O)CN1CCN(c2ccc(F)cc2)C1=O. The van der Waals surface area contributed by atoms with Gasteiger partial charge in [-0.05, 0) is 30.7 Å². The average molecular weight is 293 g/mol. The van der Waals surface area contributed by atoms with Gasteiger partial charge in [0, 0.05) is 25.3 Å². The second-order valence-corrected chi connectivity index (χ2v) is 5.04. The van der Waals surface area contributed by atoms with Crippen molar-refractivity contribution >= 4 is 17.6 Å². The number of nitrogens with one attached hydrogen (secondary N) is 1. The zero-order chi connectivity index (χ0) is 15.2. The molecule has 1 fully saturated rings. The molecule has 1 aliphatic rings. The van der Waals surface area contributed by atoms with Crippen LogP contribution in [-0.4, -0.2) is 43.0 Å². The maximum Gasteiger partial charge on any atom is 0.325 e. The lowest BCUT2D eigenvalue weighted by atomic mass is 10.3. The predicted octanol–water partition coefficient (Wildman–Crippen LogP) is 1.98. The van der Waals surface area contributed by atoms with Crippen molar-refractivity contribution in [2.24, 2.45) is 0 Å². The van der Waals surface area contributed by atoms with E-state index < -0.39 is 0 Å². The number of amides is 3. The molecule has 0 aromatic heterocycles. The van der Waals surface area contributed by atoms with Crippen molar-refractivity contribution in [1.29, 1.82) is 0 Å². The largest absolute Gasteiger partial charge is 0.355 e. The first-order valence-corrected chi connectivity index (χ1v) is 7.20. The summed E-state index contributed by atoms with van der Waals surface area (Å²) in [5.74, 6) is -0.477. The number of urea groups is 1. The number of halogens is 1. The highest BCUT2D eigenvalue weighted by Gasteiger charge is 2.30. The molecule has 1 aromatic carbocycles. The van der Waals surface area contributed by atoms with Crippen molar-refractivity contribution in [2.45, 2.75) is 19.8 Å². The van der Waals surface area contributed by atoms with Gasteiger partial charge in [0.25, 0.3) is 0 Å². The summed E-state index contributed by atoms with van der Waals surface area (Å²) >= 11 is 0. The Morgan fingerprint density at radius 2 is 2.00 bits per heavy atom. The van der Waals surface area contributed by atoms with Crippen LogP contribution in [0.25, 0.3) is 0 Å². The molecule has 21 heavy (non-hydrogen) atoms. The lowest BCUT2D eigenvalue weighted by Crippen LogP contribution is -2.40. The van der Waals surface area contributed by atoms with Crippen LogP contribution in [0.15, 0.2) is 24.3 Å². The summed E-state index contributed by atoms with van der Waals surface area (Å²) in [5.41, 5.74) is 0.648. The van der Waals surface area contributed by atoms with E-state index in [-0.39, 0.29) is 24.3 Å². The van der Waals surface area contributed by atoms with Crippen molar-refractivity contribution in [3.05, 3.63) is 30.1 Å². The fraction of sp³-hybridized carbons (Fsp3) is 0.467. The van der Waals surface area contributed by atoms with E-state index in [1.807, 2.05) is 0 Å². The molecule has 1 saturated heterocycles. The van der Waals surface area contributed by atoms with Crippen molar-refractivity contribution in [1.82, 2.24) is 10.2 Å². The monoisotopic (exact) mass is 293 g/mol. The molecule has 0 unspecified atom stereocenters. The van der Waals surface area contributed by atoms with Gasteiger partial charge in [-0.1, -0.05) is 13.3 Å². The molecular formula is C15H20FN3O2. The Labute approximate surface area is 123 Å². The van der Waals surface area contributed by atoms with Crippen LogP contribution in [0.2, 0.25) is 0 Å². The Morgan fingerprint density at radius 3 is 2.67 bits per heavy atom. The van der Waals surface area contributed by atoms with Crippen molar-refractivity contribution in [3.8, 4) is 0 Å². The molecule has 3 amide bonds. The van der Waals surface area contributed by atoms with Crippen LogP contribution in [0, 0.1) is 5.82 Å². The first-order valence-electron chi connectivity index (χ1n) is 7.20. The maximum absolute atomic E-state index is 12.9. The lowest BCUT2D eigenvalue weighted by Gasteiger charge is -2.18. The van der Waals surface area contributed by atoms with E-state index in [0.717, 1.165) is 12.8 Å². The highest BCUT2D eigenvalue weighted by atomic mass is 19.1. The molecule has 5 nitrogen and oxygen atoms in total. The van der Waals surface area contributed by atoms with Crippen LogP contribution in [0.1, 0.15) is 19.8 Å². The molecule has 0 saturated carbocycles. The lowest BCUT2D eigenvalue weighted by molar-refractivity contribution is -0.121. The minimum Gasteiger partial charge on any atom is -0.355 e. The fourth-order valence-electron chi connectivity index (χ4n) is 2.22. The summed E-state index contributed by atoms with van der Waals surface area (Å²) in [4.78, 5) is 27.0. The van der Waals surface area contributed by atoms with Crippen LogP contribution in [0.5, 0.6) is 0 Å². The molecule has 1 heterocycles. The molecule has 1 N–H and O–H groups in total.